The molecule has 9 nitrogen and oxygen atoms in total. The number of sulfonamides is 1. The number of likely N-dealkylation sites (tertiary alicyclic amines) is 1. The largest absolute Gasteiger partial charge is 0.415 e. The van der Waals surface area contributed by atoms with Crippen LogP contribution in [0, 0.1) is 0 Å². The Morgan fingerprint density at radius 2 is 1.96 bits per heavy atom. The number of aromatic nitrogens is 2. The highest BCUT2D eigenvalue weighted by Gasteiger charge is 2.37. The molecule has 0 aliphatic carbocycles. The first kappa shape index (κ1) is 19.0. The van der Waals surface area contributed by atoms with Crippen molar-refractivity contribution in [1.29, 1.82) is 0 Å². The molecule has 0 spiro atoms. The van der Waals surface area contributed by atoms with Gasteiger partial charge in [-0.1, -0.05) is 30.3 Å². The van der Waals surface area contributed by atoms with Gasteiger partial charge in [-0.2, -0.15) is 0 Å². The van der Waals surface area contributed by atoms with E-state index in [9.17, 15) is 13.2 Å². The van der Waals surface area contributed by atoms with Crippen LogP contribution in [0.4, 0.5) is 0 Å². The molecular weight excluding hydrogens is 382 g/mol. The smallest absolute Gasteiger partial charge is 0.311 e. The second kappa shape index (κ2) is 7.98. The minimum atomic E-state index is -3.50. The lowest BCUT2D eigenvalue weighted by atomic mass is 10.2. The molecule has 2 unspecified atom stereocenters. The summed E-state index contributed by atoms with van der Waals surface area (Å²) in [6.07, 6.45) is 2.27. The van der Waals surface area contributed by atoms with E-state index in [-0.39, 0.29) is 36.8 Å². The highest BCUT2D eigenvalue weighted by atomic mass is 32.2. The molecule has 150 valence electrons. The maximum Gasteiger partial charge on any atom is 0.311 e. The van der Waals surface area contributed by atoms with Crippen LogP contribution < -0.4 is 10.0 Å². The highest BCUT2D eigenvalue weighted by Crippen LogP contribution is 2.26. The molecule has 2 aliphatic heterocycles. The Labute approximate surface area is 163 Å². The Kier molecular flexibility index (Phi) is 5.42. The number of rotatable bonds is 6. The standard InChI is InChI=1S/C18H23N5O4S/c24-18(23-8-4-5-9-23)17-22-21-16(27-17)15-10-14(12-19-15)28(25,26)20-11-13-6-2-1-3-7-13/h1-3,6-7,14-15,19-20H,4-5,8-12H2. The number of carbonyl (C=O) groups is 1. The summed E-state index contributed by atoms with van der Waals surface area (Å²) in [6, 6.07) is 8.98. The molecule has 0 saturated carbocycles. The molecule has 2 aromatic rings. The van der Waals surface area contributed by atoms with Crippen molar-refractivity contribution in [1.82, 2.24) is 25.1 Å². The third-order valence-electron chi connectivity index (χ3n) is 5.16. The van der Waals surface area contributed by atoms with Crippen molar-refractivity contribution in [3.05, 3.63) is 47.7 Å². The van der Waals surface area contributed by atoms with Gasteiger partial charge < -0.3 is 14.6 Å². The van der Waals surface area contributed by atoms with Crippen molar-refractivity contribution in [3.63, 3.8) is 0 Å². The van der Waals surface area contributed by atoms with E-state index in [1.165, 1.54) is 0 Å². The van der Waals surface area contributed by atoms with Crippen molar-refractivity contribution in [2.75, 3.05) is 19.6 Å². The average Bonchev–Trinajstić information content (AvgIpc) is 3.47. The predicted octanol–water partition coefficient (Wildman–Crippen LogP) is 0.828. The monoisotopic (exact) mass is 405 g/mol. The molecule has 28 heavy (non-hydrogen) atoms. The van der Waals surface area contributed by atoms with E-state index in [0.29, 0.717) is 19.5 Å². The van der Waals surface area contributed by atoms with E-state index < -0.39 is 15.3 Å². The number of hydrogen-bond donors (Lipinski definition) is 2. The number of nitrogens with zero attached hydrogens (tertiary/aromatic N) is 3. The number of hydrogen-bond acceptors (Lipinski definition) is 7. The molecule has 10 heteroatoms. The molecule has 1 aromatic carbocycles. The van der Waals surface area contributed by atoms with Crippen LogP contribution in [0.2, 0.25) is 0 Å². The quantitative estimate of drug-likeness (QED) is 0.731. The van der Waals surface area contributed by atoms with Gasteiger partial charge in [0.15, 0.2) is 0 Å². The van der Waals surface area contributed by atoms with Gasteiger partial charge in [0.1, 0.15) is 0 Å². The van der Waals surface area contributed by atoms with Crippen LogP contribution in [0.5, 0.6) is 0 Å². The first-order valence-corrected chi connectivity index (χ1v) is 11.0. The fourth-order valence-electron chi connectivity index (χ4n) is 3.54. The second-order valence-electron chi connectivity index (χ2n) is 7.12. The van der Waals surface area contributed by atoms with E-state index >= 15 is 0 Å². The summed E-state index contributed by atoms with van der Waals surface area (Å²) >= 11 is 0. The lowest BCUT2D eigenvalue weighted by molar-refractivity contribution is 0.0750. The maximum absolute atomic E-state index is 12.6. The van der Waals surface area contributed by atoms with Gasteiger partial charge in [-0.05, 0) is 24.8 Å². The molecule has 1 aromatic heterocycles. The molecule has 0 bridgehead atoms. The van der Waals surface area contributed by atoms with E-state index in [1.54, 1.807) is 4.90 Å². The zero-order valence-corrected chi connectivity index (χ0v) is 16.2. The lowest BCUT2D eigenvalue weighted by Gasteiger charge is -2.12. The molecule has 2 N–H and O–H groups in total. The summed E-state index contributed by atoms with van der Waals surface area (Å²) in [5.74, 6) is -0.0431. The zero-order valence-electron chi connectivity index (χ0n) is 15.4. The minimum absolute atomic E-state index is 0.0350. The lowest BCUT2D eigenvalue weighted by Crippen LogP contribution is -2.35. The van der Waals surface area contributed by atoms with Gasteiger partial charge in [-0.25, -0.2) is 13.1 Å². The maximum atomic E-state index is 12.6. The van der Waals surface area contributed by atoms with E-state index in [2.05, 4.69) is 20.2 Å². The van der Waals surface area contributed by atoms with Gasteiger partial charge in [0.05, 0.1) is 11.3 Å². The van der Waals surface area contributed by atoms with Crippen LogP contribution in [-0.2, 0) is 16.6 Å². The van der Waals surface area contributed by atoms with Gasteiger partial charge in [0.2, 0.25) is 15.9 Å². The summed E-state index contributed by atoms with van der Waals surface area (Å²) in [5, 5.41) is 10.3. The fraction of sp³-hybridized carbons (Fsp3) is 0.500. The van der Waals surface area contributed by atoms with Crippen LogP contribution in [0.25, 0.3) is 0 Å². The van der Waals surface area contributed by atoms with Gasteiger partial charge in [0.25, 0.3) is 0 Å². The molecule has 3 heterocycles. The fourth-order valence-corrected chi connectivity index (χ4v) is 4.91. The summed E-state index contributed by atoms with van der Waals surface area (Å²) < 4.78 is 33.4. The van der Waals surface area contributed by atoms with Crippen LogP contribution in [0.1, 0.15) is 47.4 Å². The topological polar surface area (TPSA) is 117 Å². The third kappa shape index (κ3) is 4.08. The Balaban J connectivity index is 1.36. The molecule has 2 aliphatic rings. The second-order valence-corrected chi connectivity index (χ2v) is 9.16. The van der Waals surface area contributed by atoms with Gasteiger partial charge >= 0.3 is 11.8 Å². The van der Waals surface area contributed by atoms with E-state index in [1.807, 2.05) is 30.3 Å². The molecule has 2 fully saturated rings. The van der Waals surface area contributed by atoms with Crippen LogP contribution >= 0.6 is 0 Å². The van der Waals surface area contributed by atoms with E-state index in [4.69, 9.17) is 4.42 Å². The van der Waals surface area contributed by atoms with Crippen molar-refractivity contribution in [3.8, 4) is 0 Å². The number of nitrogens with one attached hydrogen (secondary N) is 2. The molecular formula is C18H23N5O4S. The Bertz CT molecular complexity index is 924. The summed E-state index contributed by atoms with van der Waals surface area (Å²) in [5.41, 5.74) is 0.899. The van der Waals surface area contributed by atoms with Crippen molar-refractivity contribution in [2.45, 2.75) is 37.1 Å². The Hall–Kier alpha value is -2.30. The summed E-state index contributed by atoms with van der Waals surface area (Å²) in [6.45, 7) is 1.93. The van der Waals surface area contributed by atoms with Crippen LogP contribution in [0.15, 0.2) is 34.7 Å². The normalized spacial score (nSPS) is 22.6. The van der Waals surface area contributed by atoms with Crippen molar-refractivity contribution in [2.24, 2.45) is 0 Å². The Morgan fingerprint density at radius 1 is 1.21 bits per heavy atom. The number of amides is 1. The van der Waals surface area contributed by atoms with Crippen molar-refractivity contribution >= 4 is 15.9 Å². The predicted molar refractivity (Wildman–Crippen MR) is 101 cm³/mol. The SMILES string of the molecule is O=C(c1nnc(C2CC(S(=O)(=O)NCc3ccccc3)CN2)o1)N1CCCC1. The van der Waals surface area contributed by atoms with Crippen molar-refractivity contribution < 1.29 is 17.6 Å². The van der Waals surface area contributed by atoms with Crippen LogP contribution in [0.3, 0.4) is 0 Å². The summed E-state index contributed by atoms with van der Waals surface area (Å²) in [4.78, 5) is 14.0. The van der Waals surface area contributed by atoms with E-state index in [0.717, 1.165) is 18.4 Å². The highest BCUT2D eigenvalue weighted by molar-refractivity contribution is 7.90. The van der Waals surface area contributed by atoms with Gasteiger partial charge in [0, 0.05) is 26.2 Å². The van der Waals surface area contributed by atoms with Gasteiger partial charge in [-0.3, -0.25) is 4.79 Å². The molecule has 2 saturated heterocycles. The molecule has 4 rings (SSSR count). The average molecular weight is 405 g/mol. The third-order valence-corrected chi connectivity index (χ3v) is 6.95. The first-order chi connectivity index (χ1) is 13.5. The molecule has 2 atom stereocenters. The number of benzene rings is 1. The molecule has 0 radical (unpaired) electrons. The first-order valence-electron chi connectivity index (χ1n) is 9.41. The molecule has 1 amide bonds. The Morgan fingerprint density at radius 3 is 2.71 bits per heavy atom. The summed E-state index contributed by atoms with van der Waals surface area (Å²) in [7, 11) is -3.50. The minimum Gasteiger partial charge on any atom is -0.415 e. The zero-order chi connectivity index (χ0) is 19.6. The van der Waals surface area contributed by atoms with Gasteiger partial charge in [-0.15, -0.1) is 10.2 Å². The number of carbonyl (C=O) groups excluding carboxylic acids is 1. The van der Waals surface area contributed by atoms with Crippen LogP contribution in [-0.4, -0.2) is 54.3 Å².